The molecule has 0 unspecified atom stereocenters. The second-order valence-electron chi connectivity index (χ2n) is 4.17. The molecule has 94 valence electrons. The smallest absolute Gasteiger partial charge is 0.265 e. The number of likely N-dealkylation sites (N-methyl/N-ethyl adjacent to an activating group) is 1. The molecule has 2 heterocycles. The number of para-hydroxylation sites is 1. The highest BCUT2D eigenvalue weighted by molar-refractivity contribution is 8.26. The van der Waals surface area contributed by atoms with Crippen LogP contribution in [0.4, 0.5) is 0 Å². The number of aromatic nitrogens is 1. The van der Waals surface area contributed by atoms with E-state index >= 15 is 0 Å². The van der Waals surface area contributed by atoms with Crippen LogP contribution in [0.5, 0.6) is 0 Å². The van der Waals surface area contributed by atoms with E-state index in [1.807, 2.05) is 36.4 Å². The molecule has 1 aliphatic heterocycles. The van der Waals surface area contributed by atoms with Crippen molar-refractivity contribution in [3.8, 4) is 0 Å². The molecule has 5 heteroatoms. The molecule has 3 nitrogen and oxygen atoms in total. The number of fused-ring (bicyclic) bond motifs is 1. The van der Waals surface area contributed by atoms with Crippen LogP contribution >= 0.6 is 24.0 Å². The van der Waals surface area contributed by atoms with Crippen molar-refractivity contribution in [1.82, 2.24) is 9.88 Å². The third kappa shape index (κ3) is 2.27. The number of hydrogen-bond donors (Lipinski definition) is 0. The van der Waals surface area contributed by atoms with E-state index in [2.05, 4.69) is 4.98 Å². The lowest BCUT2D eigenvalue weighted by molar-refractivity contribution is -0.121. The number of rotatable bonds is 1. The summed E-state index contributed by atoms with van der Waals surface area (Å²) >= 11 is 6.41. The number of pyridine rings is 1. The molecule has 1 saturated heterocycles. The summed E-state index contributed by atoms with van der Waals surface area (Å²) in [5, 5.41) is 1.09. The number of thioether (sulfide) groups is 1. The van der Waals surface area contributed by atoms with E-state index in [9.17, 15) is 4.79 Å². The van der Waals surface area contributed by atoms with Gasteiger partial charge in [0.25, 0.3) is 5.91 Å². The monoisotopic (exact) mass is 286 g/mol. The van der Waals surface area contributed by atoms with E-state index in [4.69, 9.17) is 12.2 Å². The van der Waals surface area contributed by atoms with Gasteiger partial charge in [-0.15, -0.1) is 0 Å². The minimum atomic E-state index is -0.0649. The van der Waals surface area contributed by atoms with Gasteiger partial charge in [-0.3, -0.25) is 9.69 Å². The maximum absolute atomic E-state index is 11.9. The van der Waals surface area contributed by atoms with Crippen LogP contribution in [0, 0.1) is 0 Å². The van der Waals surface area contributed by atoms with E-state index in [-0.39, 0.29) is 5.91 Å². The minimum Gasteiger partial charge on any atom is -0.296 e. The fraction of sp³-hybridized carbons (Fsp3) is 0.0714. The van der Waals surface area contributed by atoms with Gasteiger partial charge in [0, 0.05) is 12.4 Å². The Kier molecular flexibility index (Phi) is 3.08. The van der Waals surface area contributed by atoms with E-state index in [1.54, 1.807) is 13.1 Å². The zero-order chi connectivity index (χ0) is 13.4. The first-order chi connectivity index (χ1) is 9.15. The Labute approximate surface area is 120 Å². The van der Waals surface area contributed by atoms with Crippen molar-refractivity contribution in [3.63, 3.8) is 0 Å². The molecule has 1 aromatic heterocycles. The second-order valence-corrected chi connectivity index (χ2v) is 5.85. The van der Waals surface area contributed by atoms with E-state index in [0.29, 0.717) is 9.23 Å². The average Bonchev–Trinajstić information content (AvgIpc) is 2.66. The lowest BCUT2D eigenvalue weighted by Gasteiger charge is -2.03. The highest BCUT2D eigenvalue weighted by Gasteiger charge is 2.28. The van der Waals surface area contributed by atoms with Gasteiger partial charge in [0.1, 0.15) is 4.32 Å². The molecule has 19 heavy (non-hydrogen) atoms. The number of amides is 1. The number of hydrogen-bond acceptors (Lipinski definition) is 4. The van der Waals surface area contributed by atoms with Crippen molar-refractivity contribution in [3.05, 3.63) is 47.0 Å². The summed E-state index contributed by atoms with van der Waals surface area (Å²) in [7, 11) is 1.69. The molecule has 0 atom stereocenters. The van der Waals surface area contributed by atoms with Gasteiger partial charge >= 0.3 is 0 Å². The SMILES string of the molecule is CN1C(=O)/C(=C/c2ccc3ccccc3n2)SC1=S. The van der Waals surface area contributed by atoms with Crippen LogP contribution in [0.2, 0.25) is 0 Å². The molecule has 0 saturated carbocycles. The maximum Gasteiger partial charge on any atom is 0.265 e. The first-order valence-electron chi connectivity index (χ1n) is 5.72. The van der Waals surface area contributed by atoms with Gasteiger partial charge in [-0.1, -0.05) is 48.2 Å². The summed E-state index contributed by atoms with van der Waals surface area (Å²) < 4.78 is 0.581. The maximum atomic E-state index is 11.9. The predicted molar refractivity (Wildman–Crippen MR) is 82.7 cm³/mol. The number of carbonyl (C=O) groups excluding carboxylic acids is 1. The molecule has 0 spiro atoms. The Hall–Kier alpha value is -1.72. The number of thiocarbonyl (C=S) groups is 1. The Morgan fingerprint density at radius 1 is 1.26 bits per heavy atom. The van der Waals surface area contributed by atoms with Gasteiger partial charge in [0.15, 0.2) is 0 Å². The van der Waals surface area contributed by atoms with Crippen LogP contribution in [0.15, 0.2) is 41.3 Å². The number of benzene rings is 1. The average molecular weight is 286 g/mol. The summed E-state index contributed by atoms with van der Waals surface area (Å²) in [4.78, 5) is 18.5. The number of carbonyl (C=O) groups is 1. The van der Waals surface area contributed by atoms with Gasteiger partial charge in [0.2, 0.25) is 0 Å². The molecule has 1 aromatic carbocycles. The predicted octanol–water partition coefficient (Wildman–Crippen LogP) is 3.07. The van der Waals surface area contributed by atoms with Crippen molar-refractivity contribution >= 4 is 51.2 Å². The van der Waals surface area contributed by atoms with E-state index in [0.717, 1.165) is 16.6 Å². The molecule has 0 bridgehead atoms. The zero-order valence-corrected chi connectivity index (χ0v) is 11.8. The highest BCUT2D eigenvalue weighted by Crippen LogP contribution is 2.31. The Balaban J connectivity index is 2.02. The fourth-order valence-corrected chi connectivity index (χ4v) is 3.01. The van der Waals surface area contributed by atoms with Crippen LogP contribution in [0.3, 0.4) is 0 Å². The van der Waals surface area contributed by atoms with Crippen LogP contribution < -0.4 is 0 Å². The van der Waals surface area contributed by atoms with Gasteiger partial charge < -0.3 is 0 Å². The Morgan fingerprint density at radius 2 is 2.05 bits per heavy atom. The largest absolute Gasteiger partial charge is 0.296 e. The minimum absolute atomic E-state index is 0.0649. The lowest BCUT2D eigenvalue weighted by atomic mass is 10.2. The molecular weight excluding hydrogens is 276 g/mol. The molecule has 1 fully saturated rings. The summed E-state index contributed by atoms with van der Waals surface area (Å²) in [6.45, 7) is 0. The molecular formula is C14H10N2OS2. The molecule has 1 aliphatic rings. The number of nitrogens with zero attached hydrogens (tertiary/aromatic N) is 2. The quantitative estimate of drug-likeness (QED) is 0.596. The van der Waals surface area contributed by atoms with Crippen molar-refractivity contribution < 1.29 is 4.79 Å². The molecule has 0 radical (unpaired) electrons. The summed E-state index contributed by atoms with van der Waals surface area (Å²) in [6, 6.07) is 11.8. The molecule has 1 amide bonds. The van der Waals surface area contributed by atoms with E-state index in [1.165, 1.54) is 16.7 Å². The van der Waals surface area contributed by atoms with Gasteiger partial charge in [-0.05, 0) is 18.2 Å². The van der Waals surface area contributed by atoms with Crippen LogP contribution in [0.1, 0.15) is 5.69 Å². The Morgan fingerprint density at radius 3 is 2.79 bits per heavy atom. The van der Waals surface area contributed by atoms with Gasteiger partial charge in [-0.2, -0.15) is 0 Å². The molecule has 0 N–H and O–H groups in total. The first kappa shape index (κ1) is 12.3. The lowest BCUT2D eigenvalue weighted by Crippen LogP contribution is -2.22. The third-order valence-electron chi connectivity index (χ3n) is 2.89. The highest BCUT2D eigenvalue weighted by atomic mass is 32.2. The summed E-state index contributed by atoms with van der Waals surface area (Å²) in [6.07, 6.45) is 1.79. The first-order valence-corrected chi connectivity index (χ1v) is 6.95. The standard InChI is InChI=1S/C14H10N2OS2/c1-16-13(17)12(19-14(16)18)8-10-7-6-9-4-2-3-5-11(9)15-10/h2-8H,1H3/b12-8-. The van der Waals surface area contributed by atoms with Crippen LogP contribution in [-0.4, -0.2) is 27.2 Å². The topological polar surface area (TPSA) is 33.2 Å². The third-order valence-corrected chi connectivity index (χ3v) is 4.37. The van der Waals surface area contributed by atoms with Crippen molar-refractivity contribution in [2.24, 2.45) is 0 Å². The molecule has 2 aromatic rings. The van der Waals surface area contributed by atoms with Gasteiger partial charge in [0.05, 0.1) is 16.1 Å². The normalized spacial score (nSPS) is 17.7. The molecule has 0 aliphatic carbocycles. The fourth-order valence-electron chi connectivity index (χ4n) is 1.84. The van der Waals surface area contributed by atoms with Crippen LogP contribution in [0.25, 0.3) is 17.0 Å². The van der Waals surface area contributed by atoms with Crippen molar-refractivity contribution in [2.75, 3.05) is 7.05 Å². The van der Waals surface area contributed by atoms with E-state index < -0.39 is 0 Å². The zero-order valence-electron chi connectivity index (χ0n) is 10.2. The second kappa shape index (κ2) is 4.75. The van der Waals surface area contributed by atoms with Crippen molar-refractivity contribution in [2.45, 2.75) is 0 Å². The Bertz CT molecular complexity index is 724. The van der Waals surface area contributed by atoms with Crippen LogP contribution in [-0.2, 0) is 4.79 Å². The molecule has 3 rings (SSSR count). The van der Waals surface area contributed by atoms with Gasteiger partial charge in [-0.25, -0.2) is 4.98 Å². The summed E-state index contributed by atoms with van der Waals surface area (Å²) in [5.74, 6) is -0.0649. The van der Waals surface area contributed by atoms with Crippen molar-refractivity contribution in [1.29, 1.82) is 0 Å². The summed E-state index contributed by atoms with van der Waals surface area (Å²) in [5.41, 5.74) is 1.69.